The monoisotopic (exact) mass is 287 g/mol. The van der Waals surface area contributed by atoms with Crippen LogP contribution in [0.15, 0.2) is 0 Å². The van der Waals surface area contributed by atoms with Gasteiger partial charge in [0, 0.05) is 12.6 Å². The molecule has 0 bridgehead atoms. The van der Waals surface area contributed by atoms with Gasteiger partial charge in [-0.05, 0) is 38.0 Å². The third-order valence-electron chi connectivity index (χ3n) is 4.15. The van der Waals surface area contributed by atoms with E-state index >= 15 is 0 Å². The van der Waals surface area contributed by atoms with Crippen molar-refractivity contribution >= 4 is 21.8 Å². The third kappa shape index (κ3) is 2.44. The largest absolute Gasteiger partial charge is 0.338 e. The van der Waals surface area contributed by atoms with Crippen molar-refractivity contribution in [2.45, 2.75) is 62.7 Å². The van der Waals surface area contributed by atoms with E-state index in [9.17, 15) is 4.79 Å². The molecule has 0 N–H and O–H groups in total. The summed E-state index contributed by atoms with van der Waals surface area (Å²) in [7, 11) is 0. The first-order chi connectivity index (χ1) is 7.74. The van der Waals surface area contributed by atoms with E-state index in [1.807, 2.05) is 0 Å². The van der Waals surface area contributed by atoms with Gasteiger partial charge in [0.2, 0.25) is 5.91 Å². The number of hydrogen-bond donors (Lipinski definition) is 0. The van der Waals surface area contributed by atoms with Crippen LogP contribution in [0, 0.1) is 5.92 Å². The van der Waals surface area contributed by atoms with Crippen LogP contribution in [0.3, 0.4) is 0 Å². The minimum Gasteiger partial charge on any atom is -0.338 e. The molecule has 1 amide bonds. The molecule has 2 aliphatic rings. The summed E-state index contributed by atoms with van der Waals surface area (Å²) < 4.78 is 0. The highest BCUT2D eigenvalue weighted by atomic mass is 79.9. The quantitative estimate of drug-likeness (QED) is 0.714. The lowest BCUT2D eigenvalue weighted by atomic mass is 9.78. The smallest absolute Gasteiger partial charge is 0.236 e. The first-order valence-corrected chi connectivity index (χ1v) is 7.60. The van der Waals surface area contributed by atoms with Crippen molar-refractivity contribution in [3.63, 3.8) is 0 Å². The average molecular weight is 288 g/mol. The van der Waals surface area contributed by atoms with Gasteiger partial charge in [-0.3, -0.25) is 4.79 Å². The Morgan fingerprint density at radius 1 is 1.31 bits per heavy atom. The summed E-state index contributed by atoms with van der Waals surface area (Å²) >= 11 is 3.50. The molecule has 1 saturated heterocycles. The van der Waals surface area contributed by atoms with Crippen LogP contribution >= 0.6 is 15.9 Å². The number of rotatable bonds is 2. The number of nitrogens with zero attached hydrogens (tertiary/aromatic N) is 1. The van der Waals surface area contributed by atoms with Crippen molar-refractivity contribution in [1.82, 2.24) is 4.90 Å². The molecule has 16 heavy (non-hydrogen) atoms. The fourth-order valence-corrected chi connectivity index (χ4v) is 3.52. The molecule has 0 aromatic rings. The molecule has 1 heterocycles. The van der Waals surface area contributed by atoms with Crippen LogP contribution in [0.5, 0.6) is 0 Å². The Kier molecular flexibility index (Phi) is 4.28. The summed E-state index contributed by atoms with van der Waals surface area (Å²) in [5.74, 6) is 1.13. The summed E-state index contributed by atoms with van der Waals surface area (Å²) in [6, 6.07) is 0.557. The van der Waals surface area contributed by atoms with Crippen molar-refractivity contribution in [1.29, 1.82) is 0 Å². The number of piperidine rings is 1. The molecule has 0 spiro atoms. The predicted octanol–water partition coefficient (Wildman–Crippen LogP) is 3.34. The van der Waals surface area contributed by atoms with Crippen molar-refractivity contribution in [2.75, 3.05) is 6.54 Å². The molecule has 0 aromatic carbocycles. The number of likely N-dealkylation sites (tertiary alicyclic amines) is 1. The van der Waals surface area contributed by atoms with Gasteiger partial charge in [-0.1, -0.05) is 35.7 Å². The molecule has 3 heteroatoms. The Hall–Kier alpha value is -0.0500. The highest BCUT2D eigenvalue weighted by molar-refractivity contribution is 9.10. The second-order valence-electron chi connectivity index (χ2n) is 5.16. The normalized spacial score (nSPS) is 32.0. The van der Waals surface area contributed by atoms with Crippen LogP contribution in [-0.4, -0.2) is 28.2 Å². The third-order valence-corrected chi connectivity index (χ3v) is 5.19. The highest BCUT2D eigenvalue weighted by Crippen LogP contribution is 2.35. The van der Waals surface area contributed by atoms with Crippen LogP contribution in [0.4, 0.5) is 0 Å². The standard InChI is InChI=1S/C13H22BrNO/c1-2-11(14)13(16)15-9-5-7-10-6-3-4-8-12(10)15/h10-12H,2-9H2,1H3/t10-,11?,12-/m1/s1. The summed E-state index contributed by atoms with van der Waals surface area (Å²) in [6.07, 6.45) is 8.70. The molecule has 0 aromatic heterocycles. The zero-order chi connectivity index (χ0) is 11.5. The average Bonchev–Trinajstić information content (AvgIpc) is 2.36. The van der Waals surface area contributed by atoms with Gasteiger partial charge in [0.25, 0.3) is 0 Å². The Morgan fingerprint density at radius 3 is 2.75 bits per heavy atom. The summed E-state index contributed by atoms with van der Waals surface area (Å²) in [4.78, 5) is 14.5. The van der Waals surface area contributed by atoms with E-state index in [4.69, 9.17) is 0 Å². The second kappa shape index (κ2) is 5.52. The van der Waals surface area contributed by atoms with Gasteiger partial charge in [0.1, 0.15) is 0 Å². The van der Waals surface area contributed by atoms with Crippen LogP contribution in [0.2, 0.25) is 0 Å². The molecule has 3 atom stereocenters. The van der Waals surface area contributed by atoms with Gasteiger partial charge in [-0.2, -0.15) is 0 Å². The van der Waals surface area contributed by atoms with Crippen molar-refractivity contribution < 1.29 is 4.79 Å². The Morgan fingerprint density at radius 2 is 2.00 bits per heavy atom. The minimum absolute atomic E-state index is 0.0353. The van der Waals surface area contributed by atoms with Gasteiger partial charge in [0.05, 0.1) is 4.83 Å². The van der Waals surface area contributed by atoms with Crippen LogP contribution in [0.1, 0.15) is 51.9 Å². The first kappa shape index (κ1) is 12.4. The number of carbonyl (C=O) groups is 1. The van der Waals surface area contributed by atoms with Crippen LogP contribution < -0.4 is 0 Å². The molecule has 1 saturated carbocycles. The molecular weight excluding hydrogens is 266 g/mol. The van der Waals surface area contributed by atoms with E-state index in [1.165, 1.54) is 38.5 Å². The van der Waals surface area contributed by atoms with Crippen LogP contribution in [-0.2, 0) is 4.79 Å². The van der Waals surface area contributed by atoms with E-state index in [-0.39, 0.29) is 4.83 Å². The van der Waals surface area contributed by atoms with Gasteiger partial charge in [0.15, 0.2) is 0 Å². The number of amides is 1. The number of halogens is 1. The Labute approximate surface area is 107 Å². The summed E-state index contributed by atoms with van der Waals surface area (Å²) in [6.45, 7) is 3.06. The van der Waals surface area contributed by atoms with Gasteiger partial charge >= 0.3 is 0 Å². The number of carbonyl (C=O) groups excluding carboxylic acids is 1. The molecule has 2 fully saturated rings. The lowest BCUT2D eigenvalue weighted by Gasteiger charge is -2.44. The maximum Gasteiger partial charge on any atom is 0.236 e. The highest BCUT2D eigenvalue weighted by Gasteiger charge is 2.36. The molecule has 1 aliphatic carbocycles. The summed E-state index contributed by atoms with van der Waals surface area (Å²) in [5, 5.41) is 0. The molecule has 2 rings (SSSR count). The van der Waals surface area contributed by atoms with Gasteiger partial charge in [-0.15, -0.1) is 0 Å². The zero-order valence-corrected chi connectivity index (χ0v) is 11.7. The van der Waals surface area contributed by atoms with E-state index < -0.39 is 0 Å². The molecular formula is C13H22BrNO. The topological polar surface area (TPSA) is 20.3 Å². The maximum absolute atomic E-state index is 12.3. The minimum atomic E-state index is 0.0353. The predicted molar refractivity (Wildman–Crippen MR) is 69.7 cm³/mol. The zero-order valence-electron chi connectivity index (χ0n) is 10.1. The lowest BCUT2D eigenvalue weighted by Crippen LogP contribution is -2.51. The summed E-state index contributed by atoms with van der Waals surface area (Å²) in [5.41, 5.74) is 0. The molecule has 2 nitrogen and oxygen atoms in total. The van der Waals surface area contributed by atoms with E-state index in [2.05, 4.69) is 27.8 Å². The molecule has 92 valence electrons. The number of hydrogen-bond acceptors (Lipinski definition) is 1. The SMILES string of the molecule is CCC(Br)C(=O)N1CCC[C@H]2CCCC[C@H]21. The molecule has 1 unspecified atom stereocenters. The Bertz CT molecular complexity index is 254. The van der Waals surface area contributed by atoms with Gasteiger partial charge < -0.3 is 4.90 Å². The van der Waals surface area contributed by atoms with Crippen LogP contribution in [0.25, 0.3) is 0 Å². The van der Waals surface area contributed by atoms with Crippen molar-refractivity contribution in [2.24, 2.45) is 5.92 Å². The first-order valence-electron chi connectivity index (χ1n) is 6.68. The molecule has 0 radical (unpaired) electrons. The fourth-order valence-electron chi connectivity index (χ4n) is 3.25. The van der Waals surface area contributed by atoms with Crippen molar-refractivity contribution in [3.05, 3.63) is 0 Å². The lowest BCUT2D eigenvalue weighted by molar-refractivity contribution is -0.136. The molecule has 1 aliphatic heterocycles. The fraction of sp³-hybridized carbons (Fsp3) is 0.923. The second-order valence-corrected chi connectivity index (χ2v) is 6.27. The maximum atomic E-state index is 12.3. The number of fused-ring (bicyclic) bond motifs is 1. The van der Waals surface area contributed by atoms with E-state index in [0.717, 1.165) is 18.9 Å². The van der Waals surface area contributed by atoms with Gasteiger partial charge in [-0.25, -0.2) is 0 Å². The van der Waals surface area contributed by atoms with E-state index in [0.29, 0.717) is 11.9 Å². The number of alkyl halides is 1. The van der Waals surface area contributed by atoms with Crippen molar-refractivity contribution in [3.8, 4) is 0 Å². The Balaban J connectivity index is 2.04. The van der Waals surface area contributed by atoms with E-state index in [1.54, 1.807) is 0 Å².